The van der Waals surface area contributed by atoms with Crippen LogP contribution in [0.2, 0.25) is 0 Å². The van der Waals surface area contributed by atoms with Crippen LogP contribution in [0.4, 0.5) is 0 Å². The van der Waals surface area contributed by atoms with Crippen LogP contribution in [-0.4, -0.2) is 29.5 Å². The van der Waals surface area contributed by atoms with Crippen LogP contribution in [0.15, 0.2) is 12.5 Å². The van der Waals surface area contributed by atoms with Gasteiger partial charge in [0.05, 0.1) is 23.5 Å². The molecular formula is C12H21N3O2S. The van der Waals surface area contributed by atoms with Gasteiger partial charge in [-0.05, 0) is 18.3 Å². The van der Waals surface area contributed by atoms with Gasteiger partial charge in [-0.3, -0.25) is 0 Å². The fraction of sp³-hybridized carbons (Fsp3) is 0.750. The van der Waals surface area contributed by atoms with Gasteiger partial charge in [-0.2, -0.15) is 0 Å². The molecule has 0 saturated carbocycles. The van der Waals surface area contributed by atoms with Gasteiger partial charge in [-0.15, -0.1) is 0 Å². The molecule has 2 unspecified atom stereocenters. The fourth-order valence-corrected chi connectivity index (χ4v) is 4.25. The number of hydrogen-bond donors (Lipinski definition) is 1. The molecule has 1 fully saturated rings. The molecular weight excluding hydrogens is 250 g/mol. The molecule has 5 nitrogen and oxygen atoms in total. The van der Waals surface area contributed by atoms with E-state index in [0.29, 0.717) is 24.0 Å². The first-order valence-corrected chi connectivity index (χ1v) is 8.17. The van der Waals surface area contributed by atoms with Crippen molar-refractivity contribution in [3.63, 3.8) is 0 Å². The average Bonchev–Trinajstić information content (AvgIpc) is 2.84. The van der Waals surface area contributed by atoms with Gasteiger partial charge in [0.25, 0.3) is 0 Å². The summed E-state index contributed by atoms with van der Waals surface area (Å²) in [5.74, 6) is 1.15. The zero-order chi connectivity index (χ0) is 13.3. The highest BCUT2D eigenvalue weighted by Crippen LogP contribution is 2.23. The summed E-state index contributed by atoms with van der Waals surface area (Å²) in [7, 11) is -2.81. The van der Waals surface area contributed by atoms with Crippen LogP contribution in [0.3, 0.4) is 0 Å². The lowest BCUT2D eigenvalue weighted by molar-refractivity contribution is 0.436. The van der Waals surface area contributed by atoms with E-state index in [0.717, 1.165) is 12.1 Å². The number of rotatable bonds is 4. The van der Waals surface area contributed by atoms with Crippen LogP contribution in [0.1, 0.15) is 32.0 Å². The molecule has 0 bridgehead atoms. The average molecular weight is 271 g/mol. The SMILES string of the molecule is CC(C)C(N)c1cncn1CC1CCS(=O)(=O)C1. The summed E-state index contributed by atoms with van der Waals surface area (Å²) >= 11 is 0. The molecule has 0 spiro atoms. The Hall–Kier alpha value is -0.880. The lowest BCUT2D eigenvalue weighted by atomic mass is 10.0. The summed E-state index contributed by atoms with van der Waals surface area (Å²) in [6, 6.07) is -0.0505. The Balaban J connectivity index is 2.09. The number of sulfone groups is 1. The van der Waals surface area contributed by atoms with E-state index < -0.39 is 9.84 Å². The molecule has 6 heteroatoms. The molecule has 102 valence electrons. The predicted molar refractivity (Wildman–Crippen MR) is 70.8 cm³/mol. The summed E-state index contributed by atoms with van der Waals surface area (Å²) in [4.78, 5) is 4.14. The molecule has 0 amide bonds. The van der Waals surface area contributed by atoms with Gasteiger partial charge in [-0.1, -0.05) is 13.8 Å². The van der Waals surface area contributed by atoms with E-state index in [1.165, 1.54) is 0 Å². The molecule has 1 aliphatic rings. The maximum absolute atomic E-state index is 11.4. The molecule has 0 aromatic carbocycles. The Morgan fingerprint density at radius 3 is 2.83 bits per heavy atom. The predicted octanol–water partition coefficient (Wildman–Crippen LogP) is 0.974. The van der Waals surface area contributed by atoms with Gasteiger partial charge in [-0.25, -0.2) is 13.4 Å². The highest BCUT2D eigenvalue weighted by molar-refractivity contribution is 7.91. The van der Waals surface area contributed by atoms with Crippen molar-refractivity contribution >= 4 is 9.84 Å². The Bertz CT molecular complexity index is 507. The van der Waals surface area contributed by atoms with E-state index in [4.69, 9.17) is 5.73 Å². The molecule has 2 atom stereocenters. The van der Waals surface area contributed by atoms with Crippen molar-refractivity contribution in [2.75, 3.05) is 11.5 Å². The second kappa shape index (κ2) is 5.01. The molecule has 1 aliphatic heterocycles. The molecule has 0 radical (unpaired) electrons. The van der Waals surface area contributed by atoms with Crippen LogP contribution in [0.5, 0.6) is 0 Å². The van der Waals surface area contributed by atoms with Crippen molar-refractivity contribution in [1.82, 2.24) is 9.55 Å². The standard InChI is InChI=1S/C12H21N3O2S/c1-9(2)12(13)11-5-14-8-15(11)6-10-3-4-18(16,17)7-10/h5,8-10,12H,3-4,6-7,13H2,1-2H3. The van der Waals surface area contributed by atoms with Gasteiger partial charge < -0.3 is 10.3 Å². The number of aromatic nitrogens is 2. The summed E-state index contributed by atoms with van der Waals surface area (Å²) < 4.78 is 24.9. The Labute approximate surface area is 108 Å². The zero-order valence-corrected chi connectivity index (χ0v) is 11.7. The van der Waals surface area contributed by atoms with Gasteiger partial charge in [0.1, 0.15) is 0 Å². The maximum Gasteiger partial charge on any atom is 0.150 e. The first-order valence-electron chi connectivity index (χ1n) is 6.35. The minimum Gasteiger partial charge on any atom is -0.333 e. The highest BCUT2D eigenvalue weighted by atomic mass is 32.2. The highest BCUT2D eigenvalue weighted by Gasteiger charge is 2.28. The summed E-state index contributed by atoms with van der Waals surface area (Å²) in [5, 5.41) is 0. The van der Waals surface area contributed by atoms with E-state index in [9.17, 15) is 8.42 Å². The Kier molecular flexibility index (Phi) is 3.77. The smallest absolute Gasteiger partial charge is 0.150 e. The normalized spacial score (nSPS) is 24.6. The largest absolute Gasteiger partial charge is 0.333 e. The summed E-state index contributed by atoms with van der Waals surface area (Å²) in [5.41, 5.74) is 7.13. The summed E-state index contributed by atoms with van der Waals surface area (Å²) in [6.45, 7) is 4.85. The molecule has 2 heterocycles. The quantitative estimate of drug-likeness (QED) is 0.885. The fourth-order valence-electron chi connectivity index (χ4n) is 2.40. The molecule has 1 saturated heterocycles. The van der Waals surface area contributed by atoms with Crippen LogP contribution < -0.4 is 5.73 Å². The third kappa shape index (κ3) is 2.92. The van der Waals surface area contributed by atoms with Crippen LogP contribution >= 0.6 is 0 Å². The van der Waals surface area contributed by atoms with Crippen LogP contribution in [-0.2, 0) is 16.4 Å². The number of imidazole rings is 1. The molecule has 2 rings (SSSR count). The second-order valence-corrected chi connectivity index (χ2v) is 7.74. The van der Waals surface area contributed by atoms with Crippen molar-refractivity contribution in [2.45, 2.75) is 32.9 Å². The van der Waals surface area contributed by atoms with Crippen molar-refractivity contribution in [2.24, 2.45) is 17.6 Å². The third-order valence-corrected chi connectivity index (χ3v) is 5.42. The first-order chi connectivity index (χ1) is 8.39. The topological polar surface area (TPSA) is 78.0 Å². The zero-order valence-electron chi connectivity index (χ0n) is 10.9. The molecule has 1 aromatic heterocycles. The van der Waals surface area contributed by atoms with Gasteiger partial charge in [0.2, 0.25) is 0 Å². The maximum atomic E-state index is 11.4. The van der Waals surface area contributed by atoms with Gasteiger partial charge in [0.15, 0.2) is 9.84 Å². The first kappa shape index (κ1) is 13.5. The lowest BCUT2D eigenvalue weighted by Crippen LogP contribution is -2.22. The molecule has 2 N–H and O–H groups in total. The van der Waals surface area contributed by atoms with Crippen molar-refractivity contribution in [3.8, 4) is 0 Å². The minimum absolute atomic E-state index is 0.0505. The van der Waals surface area contributed by atoms with E-state index in [-0.39, 0.29) is 12.0 Å². The van der Waals surface area contributed by atoms with Crippen LogP contribution in [0, 0.1) is 11.8 Å². The summed E-state index contributed by atoms with van der Waals surface area (Å²) in [6.07, 6.45) is 4.29. The van der Waals surface area contributed by atoms with Gasteiger partial charge >= 0.3 is 0 Å². The van der Waals surface area contributed by atoms with Crippen molar-refractivity contribution < 1.29 is 8.42 Å². The van der Waals surface area contributed by atoms with Crippen LogP contribution in [0.25, 0.3) is 0 Å². The molecule has 0 aliphatic carbocycles. The number of nitrogens with two attached hydrogens (primary N) is 1. The third-order valence-electron chi connectivity index (χ3n) is 3.59. The lowest BCUT2D eigenvalue weighted by Gasteiger charge is -2.19. The Morgan fingerprint density at radius 1 is 1.56 bits per heavy atom. The van der Waals surface area contributed by atoms with Crippen molar-refractivity contribution in [3.05, 3.63) is 18.2 Å². The van der Waals surface area contributed by atoms with E-state index in [2.05, 4.69) is 18.8 Å². The minimum atomic E-state index is -2.81. The van der Waals surface area contributed by atoms with Gasteiger partial charge in [0, 0.05) is 18.8 Å². The monoisotopic (exact) mass is 271 g/mol. The molecule has 1 aromatic rings. The van der Waals surface area contributed by atoms with Crippen molar-refractivity contribution in [1.29, 1.82) is 0 Å². The second-order valence-electron chi connectivity index (χ2n) is 5.51. The van der Waals surface area contributed by atoms with E-state index >= 15 is 0 Å². The Morgan fingerprint density at radius 2 is 2.28 bits per heavy atom. The van der Waals surface area contributed by atoms with E-state index in [1.54, 1.807) is 12.5 Å². The number of nitrogens with zero attached hydrogens (tertiary/aromatic N) is 2. The number of hydrogen-bond acceptors (Lipinski definition) is 4. The van der Waals surface area contributed by atoms with E-state index in [1.807, 2.05) is 4.57 Å². The molecule has 18 heavy (non-hydrogen) atoms.